The predicted octanol–water partition coefficient (Wildman–Crippen LogP) is 5.81. The second-order valence-electron chi connectivity index (χ2n) is 9.40. The first-order valence-electron chi connectivity index (χ1n) is 12.7. The lowest BCUT2D eigenvalue weighted by atomic mass is 10.0. The highest BCUT2D eigenvalue weighted by molar-refractivity contribution is 6.01. The van der Waals surface area contributed by atoms with Gasteiger partial charge < -0.3 is 15.0 Å². The third-order valence-corrected chi connectivity index (χ3v) is 6.64. The molecule has 1 unspecified atom stereocenters. The Balaban J connectivity index is 1.15. The molecule has 1 aliphatic heterocycles. The van der Waals surface area contributed by atoms with E-state index < -0.39 is 0 Å². The molecule has 2 heterocycles. The smallest absolute Gasteiger partial charge is 0.258 e. The van der Waals surface area contributed by atoms with Crippen molar-refractivity contribution in [1.82, 2.24) is 19.9 Å². The number of anilines is 1. The molecule has 1 atom stereocenters. The first-order chi connectivity index (χ1) is 19.1. The van der Waals surface area contributed by atoms with Crippen molar-refractivity contribution in [2.45, 2.75) is 25.9 Å². The Morgan fingerprint density at radius 2 is 1.54 bits per heavy atom. The van der Waals surface area contributed by atoms with E-state index in [0.29, 0.717) is 30.1 Å². The van der Waals surface area contributed by atoms with E-state index in [1.165, 1.54) is 12.1 Å². The molecule has 1 N–H and O–H groups in total. The van der Waals surface area contributed by atoms with Gasteiger partial charge in [-0.15, -0.1) is 5.10 Å². The first kappa shape index (κ1) is 24.4. The molecule has 1 amide bonds. The molecule has 1 aliphatic rings. The molecule has 39 heavy (non-hydrogen) atoms. The van der Waals surface area contributed by atoms with Crippen molar-refractivity contribution < 1.29 is 13.9 Å². The Morgan fingerprint density at radius 3 is 2.33 bits per heavy atom. The summed E-state index contributed by atoms with van der Waals surface area (Å²) in [6, 6.07) is 31.6. The van der Waals surface area contributed by atoms with Crippen LogP contribution in [0.15, 0.2) is 109 Å². The van der Waals surface area contributed by atoms with Gasteiger partial charge in [0.05, 0.1) is 18.3 Å². The molecule has 1 aromatic heterocycles. The number of fused-ring (bicyclic) bond motifs is 1. The van der Waals surface area contributed by atoms with Gasteiger partial charge >= 0.3 is 0 Å². The Labute approximate surface area is 225 Å². The molecule has 0 bridgehead atoms. The first-order valence-corrected chi connectivity index (χ1v) is 12.7. The second-order valence-corrected chi connectivity index (χ2v) is 9.40. The minimum Gasteiger partial charge on any atom is -0.487 e. The molecule has 0 fully saturated rings. The number of nitrogens with zero attached hydrogens (tertiary/aromatic N) is 4. The molecule has 5 aromatic rings. The zero-order chi connectivity index (χ0) is 26.6. The van der Waals surface area contributed by atoms with Crippen LogP contribution in [0.25, 0.3) is 0 Å². The standard InChI is InChI=1S/C31H26FN5O2/c32-25-14-10-23(11-15-25)18-36-20-26(34-35-36)21-39-27-16-12-24(13-17-27)30-33-29-9-5-4-8-28(29)31(38)37(30)19-22-6-2-1-3-7-22/h1-17,20,30,33H,18-19,21H2. The van der Waals surface area contributed by atoms with Crippen LogP contribution in [0.5, 0.6) is 5.75 Å². The van der Waals surface area contributed by atoms with Crippen molar-refractivity contribution >= 4 is 11.6 Å². The van der Waals surface area contributed by atoms with Crippen molar-refractivity contribution in [1.29, 1.82) is 0 Å². The van der Waals surface area contributed by atoms with Crippen LogP contribution in [0.3, 0.4) is 0 Å². The second kappa shape index (κ2) is 10.8. The fourth-order valence-corrected chi connectivity index (χ4v) is 4.66. The number of hydrogen-bond donors (Lipinski definition) is 1. The van der Waals surface area contributed by atoms with Crippen molar-refractivity contribution in [3.05, 3.63) is 143 Å². The number of hydrogen-bond acceptors (Lipinski definition) is 5. The number of ether oxygens (including phenoxy) is 1. The summed E-state index contributed by atoms with van der Waals surface area (Å²) < 4.78 is 20.8. The number of para-hydroxylation sites is 1. The molecular weight excluding hydrogens is 493 g/mol. The number of nitrogens with one attached hydrogen (secondary N) is 1. The zero-order valence-electron chi connectivity index (χ0n) is 21.1. The Hall–Kier alpha value is -4.98. The summed E-state index contributed by atoms with van der Waals surface area (Å²) in [5.41, 5.74) is 5.11. The maximum Gasteiger partial charge on any atom is 0.258 e. The number of aromatic nitrogens is 3. The highest BCUT2D eigenvalue weighted by Gasteiger charge is 2.32. The maximum atomic E-state index is 13.5. The summed E-state index contributed by atoms with van der Waals surface area (Å²) in [7, 11) is 0. The molecule has 194 valence electrons. The van der Waals surface area contributed by atoms with Crippen LogP contribution in [-0.4, -0.2) is 25.8 Å². The van der Waals surface area contributed by atoms with Crippen LogP contribution >= 0.6 is 0 Å². The quantitative estimate of drug-likeness (QED) is 0.280. The normalized spacial score (nSPS) is 14.5. The molecular formula is C31H26FN5O2. The minimum atomic E-state index is -0.326. The van der Waals surface area contributed by atoms with Crippen LogP contribution in [0, 0.1) is 5.82 Å². The van der Waals surface area contributed by atoms with Gasteiger partial charge in [-0.1, -0.05) is 71.9 Å². The van der Waals surface area contributed by atoms with E-state index in [9.17, 15) is 9.18 Å². The summed E-state index contributed by atoms with van der Waals surface area (Å²) in [5, 5.41) is 11.9. The third kappa shape index (κ3) is 5.50. The molecule has 0 saturated carbocycles. The van der Waals surface area contributed by atoms with Crippen LogP contribution < -0.4 is 10.1 Å². The largest absolute Gasteiger partial charge is 0.487 e. The van der Waals surface area contributed by atoms with Crippen LogP contribution in [-0.2, 0) is 19.7 Å². The van der Waals surface area contributed by atoms with Gasteiger partial charge in [0.2, 0.25) is 0 Å². The monoisotopic (exact) mass is 519 g/mol. The zero-order valence-corrected chi connectivity index (χ0v) is 21.1. The SMILES string of the molecule is O=C1c2ccccc2NC(c2ccc(OCc3cn(Cc4ccc(F)cc4)nn3)cc2)N1Cc1ccccc1. The molecule has 0 saturated heterocycles. The van der Waals surface area contributed by atoms with Gasteiger partial charge in [-0.05, 0) is 53.1 Å². The molecule has 0 spiro atoms. The van der Waals surface area contributed by atoms with Crippen molar-refractivity contribution in [2.75, 3.05) is 5.32 Å². The van der Waals surface area contributed by atoms with Gasteiger partial charge in [-0.25, -0.2) is 9.07 Å². The van der Waals surface area contributed by atoms with Gasteiger partial charge in [0.1, 0.15) is 30.0 Å². The lowest BCUT2D eigenvalue weighted by molar-refractivity contribution is 0.0666. The summed E-state index contributed by atoms with van der Waals surface area (Å²) in [6.07, 6.45) is 1.49. The van der Waals surface area contributed by atoms with E-state index in [4.69, 9.17) is 4.74 Å². The van der Waals surface area contributed by atoms with Crippen LogP contribution in [0.2, 0.25) is 0 Å². The summed E-state index contributed by atoms with van der Waals surface area (Å²) >= 11 is 0. The summed E-state index contributed by atoms with van der Waals surface area (Å²) in [5.74, 6) is 0.406. The average Bonchev–Trinajstić information content (AvgIpc) is 3.42. The number of benzene rings is 4. The fourth-order valence-electron chi connectivity index (χ4n) is 4.66. The molecule has 0 radical (unpaired) electrons. The molecule has 6 rings (SSSR count). The minimum absolute atomic E-state index is 0.0118. The van der Waals surface area contributed by atoms with Gasteiger partial charge in [0, 0.05) is 12.2 Å². The lowest BCUT2D eigenvalue weighted by Crippen LogP contribution is -2.42. The van der Waals surface area contributed by atoms with Crippen LogP contribution in [0.1, 0.15) is 38.9 Å². The highest BCUT2D eigenvalue weighted by Crippen LogP contribution is 2.34. The van der Waals surface area contributed by atoms with Gasteiger partial charge in [0.15, 0.2) is 0 Å². The Bertz CT molecular complexity index is 1570. The van der Waals surface area contributed by atoms with Crippen molar-refractivity contribution in [3.8, 4) is 5.75 Å². The van der Waals surface area contributed by atoms with E-state index in [1.807, 2.05) is 90.0 Å². The van der Waals surface area contributed by atoms with E-state index in [2.05, 4.69) is 15.6 Å². The summed E-state index contributed by atoms with van der Waals surface area (Å²) in [6.45, 7) is 1.24. The highest BCUT2D eigenvalue weighted by atomic mass is 19.1. The van der Waals surface area contributed by atoms with Gasteiger partial charge in [0.25, 0.3) is 5.91 Å². The predicted molar refractivity (Wildman–Crippen MR) is 145 cm³/mol. The van der Waals surface area contributed by atoms with E-state index in [1.54, 1.807) is 16.8 Å². The van der Waals surface area contributed by atoms with E-state index >= 15 is 0 Å². The average molecular weight is 520 g/mol. The number of amides is 1. The topological polar surface area (TPSA) is 72.3 Å². The van der Waals surface area contributed by atoms with Crippen molar-refractivity contribution in [2.24, 2.45) is 0 Å². The molecule has 0 aliphatic carbocycles. The number of rotatable bonds is 8. The van der Waals surface area contributed by atoms with Crippen molar-refractivity contribution in [3.63, 3.8) is 0 Å². The van der Waals surface area contributed by atoms with E-state index in [0.717, 1.165) is 22.4 Å². The van der Waals surface area contributed by atoms with Gasteiger partial charge in [-0.3, -0.25) is 4.79 Å². The summed E-state index contributed by atoms with van der Waals surface area (Å²) in [4.78, 5) is 15.3. The van der Waals surface area contributed by atoms with E-state index in [-0.39, 0.29) is 24.5 Å². The maximum absolute atomic E-state index is 13.5. The number of carbonyl (C=O) groups excluding carboxylic acids is 1. The fraction of sp³-hybridized carbons (Fsp3) is 0.129. The molecule has 8 heteroatoms. The van der Waals surface area contributed by atoms with Gasteiger partial charge in [-0.2, -0.15) is 0 Å². The lowest BCUT2D eigenvalue weighted by Gasteiger charge is -2.38. The Kier molecular flexibility index (Phi) is 6.74. The molecule has 7 nitrogen and oxygen atoms in total. The third-order valence-electron chi connectivity index (χ3n) is 6.64. The Morgan fingerprint density at radius 1 is 0.821 bits per heavy atom. The number of halogens is 1. The van der Waals surface area contributed by atoms with Crippen LogP contribution in [0.4, 0.5) is 10.1 Å². The molecule has 4 aromatic carbocycles. The number of carbonyl (C=O) groups is 1.